The molecule has 1 heterocycles. The third-order valence-corrected chi connectivity index (χ3v) is 9.14. The van der Waals surface area contributed by atoms with Crippen LogP contribution in [-0.2, 0) is 9.47 Å². The minimum absolute atomic E-state index is 0.230. The lowest BCUT2D eigenvalue weighted by Crippen LogP contribution is -2.38. The number of unbranched alkanes of at least 4 members (excludes halogenated alkanes) is 18. The molecule has 234 valence electrons. The van der Waals surface area contributed by atoms with Crippen LogP contribution in [0.4, 0.5) is 0 Å². The minimum atomic E-state index is -0.329. The minimum Gasteiger partial charge on any atom is -0.344 e. The molecule has 0 aromatic rings. The molecule has 3 atom stereocenters. The highest BCUT2D eigenvalue weighted by Gasteiger charge is 2.48. The maximum absolute atomic E-state index is 6.72. The van der Waals surface area contributed by atoms with Crippen molar-refractivity contribution in [2.24, 2.45) is 5.73 Å². The van der Waals surface area contributed by atoms with Crippen LogP contribution < -0.4 is 5.73 Å². The number of rotatable bonds is 26. The van der Waals surface area contributed by atoms with E-state index in [1.165, 1.54) is 141 Å². The fourth-order valence-electron chi connectivity index (χ4n) is 6.55. The molecule has 3 unspecified atom stereocenters. The van der Waals surface area contributed by atoms with Crippen LogP contribution in [0.15, 0.2) is 24.3 Å². The molecule has 1 saturated heterocycles. The molecule has 0 bridgehead atoms. The van der Waals surface area contributed by atoms with Gasteiger partial charge in [0, 0.05) is 18.9 Å². The quantitative estimate of drug-likeness (QED) is 0.0846. The number of ether oxygens (including phenoxy) is 2. The lowest BCUT2D eigenvalue weighted by Gasteiger charge is -2.28. The molecule has 1 aliphatic heterocycles. The molecule has 2 fully saturated rings. The topological polar surface area (TPSA) is 44.5 Å². The summed E-state index contributed by atoms with van der Waals surface area (Å²) in [6, 6.07) is 0.290. The summed E-state index contributed by atoms with van der Waals surface area (Å²) in [4.78, 5) is 0. The van der Waals surface area contributed by atoms with Gasteiger partial charge in [-0.3, -0.25) is 0 Å². The smallest absolute Gasteiger partial charge is 0.169 e. The summed E-state index contributed by atoms with van der Waals surface area (Å²) in [5.41, 5.74) is 6.29. The van der Waals surface area contributed by atoms with Crippen molar-refractivity contribution in [1.82, 2.24) is 0 Å². The summed E-state index contributed by atoms with van der Waals surface area (Å²) in [5, 5.41) is 0. The second-order valence-corrected chi connectivity index (χ2v) is 13.1. The zero-order chi connectivity index (χ0) is 28.6. The highest BCUT2D eigenvalue weighted by atomic mass is 16.8. The molecule has 40 heavy (non-hydrogen) atoms. The van der Waals surface area contributed by atoms with E-state index in [2.05, 4.69) is 38.2 Å². The van der Waals surface area contributed by atoms with Crippen LogP contribution in [0.5, 0.6) is 0 Å². The number of hydrogen-bond donors (Lipinski definition) is 1. The Balaban J connectivity index is 1.57. The predicted molar refractivity (Wildman–Crippen MR) is 175 cm³/mol. The van der Waals surface area contributed by atoms with Gasteiger partial charge in [-0.2, -0.15) is 0 Å². The van der Waals surface area contributed by atoms with Crippen molar-refractivity contribution in [2.45, 2.75) is 211 Å². The maximum Gasteiger partial charge on any atom is 0.169 e. The standard InChI is InChI=1S/C37H69NO2/c1-3-5-7-9-11-13-15-17-19-21-23-25-27-31-37(39-35-30-29-34(38)33-36(35)40-37)32-28-26-24-22-20-18-16-14-12-10-8-6-4-2/h11-14,34-36H,3-10,15-33,38H2,1-2H3/b13-11-,14-12-. The highest BCUT2D eigenvalue weighted by molar-refractivity contribution is 4.92. The Hall–Kier alpha value is -0.640. The Labute approximate surface area is 250 Å². The molecule has 1 saturated carbocycles. The average molecular weight is 560 g/mol. The monoisotopic (exact) mass is 560 g/mol. The number of hydrogen-bond acceptors (Lipinski definition) is 3. The van der Waals surface area contributed by atoms with E-state index in [1.807, 2.05) is 0 Å². The lowest BCUT2D eigenvalue weighted by molar-refractivity contribution is -0.186. The maximum atomic E-state index is 6.72. The van der Waals surface area contributed by atoms with Crippen molar-refractivity contribution >= 4 is 0 Å². The first-order chi connectivity index (χ1) is 19.7. The van der Waals surface area contributed by atoms with Crippen molar-refractivity contribution in [2.75, 3.05) is 0 Å². The van der Waals surface area contributed by atoms with Crippen molar-refractivity contribution in [3.8, 4) is 0 Å². The van der Waals surface area contributed by atoms with Crippen LogP contribution in [0.3, 0.4) is 0 Å². The molecule has 0 radical (unpaired) electrons. The van der Waals surface area contributed by atoms with E-state index in [4.69, 9.17) is 15.2 Å². The first-order valence-electron chi connectivity index (χ1n) is 18.1. The van der Waals surface area contributed by atoms with Gasteiger partial charge in [0.1, 0.15) is 0 Å². The van der Waals surface area contributed by atoms with Gasteiger partial charge in [-0.1, -0.05) is 115 Å². The molecule has 0 amide bonds. The zero-order valence-electron chi connectivity index (χ0n) is 27.0. The van der Waals surface area contributed by atoms with Crippen molar-refractivity contribution in [1.29, 1.82) is 0 Å². The van der Waals surface area contributed by atoms with E-state index in [1.54, 1.807) is 0 Å². The Morgan fingerprint density at radius 3 is 1.40 bits per heavy atom. The summed E-state index contributed by atoms with van der Waals surface area (Å²) in [5.74, 6) is -0.329. The average Bonchev–Trinajstić information content (AvgIpc) is 3.31. The second kappa shape index (κ2) is 23.9. The number of allylic oxidation sites excluding steroid dienone is 4. The van der Waals surface area contributed by atoms with E-state index >= 15 is 0 Å². The Kier molecular flexibility index (Phi) is 21.2. The molecular formula is C37H69NO2. The molecule has 1 aliphatic carbocycles. The summed E-state index contributed by atoms with van der Waals surface area (Å²) < 4.78 is 13.4. The highest BCUT2D eigenvalue weighted by Crippen LogP contribution is 2.42. The molecule has 2 N–H and O–H groups in total. The van der Waals surface area contributed by atoms with Gasteiger partial charge in [0.25, 0.3) is 0 Å². The fraction of sp³-hybridized carbons (Fsp3) is 0.892. The Morgan fingerprint density at radius 1 is 0.525 bits per heavy atom. The summed E-state index contributed by atoms with van der Waals surface area (Å²) in [6.07, 6.45) is 44.5. The largest absolute Gasteiger partial charge is 0.344 e. The molecule has 3 heteroatoms. The predicted octanol–water partition coefficient (Wildman–Crippen LogP) is 11.5. The number of nitrogens with two attached hydrogens (primary N) is 1. The van der Waals surface area contributed by atoms with Crippen LogP contribution >= 0.6 is 0 Å². The first kappa shape index (κ1) is 35.6. The third kappa shape index (κ3) is 16.7. The van der Waals surface area contributed by atoms with E-state index in [-0.39, 0.29) is 24.0 Å². The van der Waals surface area contributed by atoms with Gasteiger partial charge in [0.05, 0.1) is 12.2 Å². The van der Waals surface area contributed by atoms with Crippen LogP contribution in [-0.4, -0.2) is 24.0 Å². The van der Waals surface area contributed by atoms with Gasteiger partial charge in [-0.15, -0.1) is 0 Å². The van der Waals surface area contributed by atoms with Crippen LogP contribution in [0, 0.1) is 0 Å². The van der Waals surface area contributed by atoms with Gasteiger partial charge in [0.15, 0.2) is 5.79 Å². The molecule has 0 aromatic carbocycles. The van der Waals surface area contributed by atoms with Crippen LogP contribution in [0.2, 0.25) is 0 Å². The van der Waals surface area contributed by atoms with E-state index in [0.717, 1.165) is 32.1 Å². The molecule has 2 rings (SSSR count). The van der Waals surface area contributed by atoms with Gasteiger partial charge in [-0.25, -0.2) is 0 Å². The number of fused-ring (bicyclic) bond motifs is 1. The van der Waals surface area contributed by atoms with Gasteiger partial charge in [0.2, 0.25) is 0 Å². The summed E-state index contributed by atoms with van der Waals surface area (Å²) in [7, 11) is 0. The van der Waals surface area contributed by atoms with Gasteiger partial charge in [-0.05, 0) is 83.5 Å². The van der Waals surface area contributed by atoms with Crippen LogP contribution in [0.1, 0.15) is 187 Å². The normalized spacial score (nSPS) is 22.5. The summed E-state index contributed by atoms with van der Waals surface area (Å²) >= 11 is 0. The SMILES string of the molecule is CCCCC/C=C\CCCCCCCCC1(CCCCCCCC/C=C\CCCCC)OC2CCC(N)CC2O1. The van der Waals surface area contributed by atoms with Crippen molar-refractivity contribution < 1.29 is 9.47 Å². The van der Waals surface area contributed by atoms with E-state index < -0.39 is 0 Å². The lowest BCUT2D eigenvalue weighted by atomic mass is 9.91. The van der Waals surface area contributed by atoms with E-state index in [9.17, 15) is 0 Å². The summed E-state index contributed by atoms with van der Waals surface area (Å²) in [6.45, 7) is 4.55. The Morgan fingerprint density at radius 2 is 0.925 bits per heavy atom. The van der Waals surface area contributed by atoms with Gasteiger partial charge < -0.3 is 15.2 Å². The van der Waals surface area contributed by atoms with E-state index in [0.29, 0.717) is 0 Å². The second-order valence-electron chi connectivity index (χ2n) is 13.1. The molecular weight excluding hydrogens is 490 g/mol. The molecule has 0 spiro atoms. The first-order valence-corrected chi connectivity index (χ1v) is 18.1. The molecule has 2 aliphatic rings. The van der Waals surface area contributed by atoms with Crippen LogP contribution in [0.25, 0.3) is 0 Å². The third-order valence-electron chi connectivity index (χ3n) is 9.14. The van der Waals surface area contributed by atoms with Gasteiger partial charge >= 0.3 is 0 Å². The Bertz CT molecular complexity index is 594. The molecule has 0 aromatic heterocycles. The fourth-order valence-corrected chi connectivity index (χ4v) is 6.55. The van der Waals surface area contributed by atoms with Crippen molar-refractivity contribution in [3.63, 3.8) is 0 Å². The molecule has 3 nitrogen and oxygen atoms in total. The van der Waals surface area contributed by atoms with Crippen molar-refractivity contribution in [3.05, 3.63) is 24.3 Å². The zero-order valence-corrected chi connectivity index (χ0v) is 27.0.